The Labute approximate surface area is 123 Å². The van der Waals surface area contributed by atoms with E-state index in [1.54, 1.807) is 6.92 Å². The maximum Gasteiger partial charge on any atom is 0.307 e. The van der Waals surface area contributed by atoms with E-state index in [9.17, 15) is 13.2 Å². The molecule has 0 saturated heterocycles. The maximum absolute atomic E-state index is 12.3. The van der Waals surface area contributed by atoms with Crippen molar-refractivity contribution >= 4 is 16.0 Å². The highest BCUT2D eigenvalue weighted by molar-refractivity contribution is 7.89. The van der Waals surface area contributed by atoms with Crippen LogP contribution in [0.25, 0.3) is 0 Å². The smallest absolute Gasteiger partial charge is 0.307 e. The summed E-state index contributed by atoms with van der Waals surface area (Å²) in [5.41, 5.74) is 0.144. The van der Waals surface area contributed by atoms with Crippen LogP contribution in [0, 0.1) is 0 Å². The predicted molar refractivity (Wildman–Crippen MR) is 75.8 cm³/mol. The van der Waals surface area contributed by atoms with Gasteiger partial charge in [0.05, 0.1) is 18.4 Å². The first-order valence-corrected chi connectivity index (χ1v) is 7.80. The van der Waals surface area contributed by atoms with Crippen LogP contribution in [0.2, 0.25) is 0 Å². The van der Waals surface area contributed by atoms with E-state index in [0.29, 0.717) is 5.75 Å². The van der Waals surface area contributed by atoms with Crippen LogP contribution in [0.4, 0.5) is 0 Å². The van der Waals surface area contributed by atoms with E-state index in [1.165, 1.54) is 25.3 Å². The molecule has 118 valence electrons. The summed E-state index contributed by atoms with van der Waals surface area (Å²) >= 11 is 0. The lowest BCUT2D eigenvalue weighted by molar-refractivity contribution is -0.136. The van der Waals surface area contributed by atoms with Crippen molar-refractivity contribution in [3.8, 4) is 5.75 Å². The van der Waals surface area contributed by atoms with Gasteiger partial charge in [-0.25, -0.2) is 13.1 Å². The summed E-state index contributed by atoms with van der Waals surface area (Å²) in [7, 11) is -2.45. The maximum atomic E-state index is 12.3. The van der Waals surface area contributed by atoms with Crippen molar-refractivity contribution in [1.82, 2.24) is 4.72 Å². The standard InChI is InChI=1S/C13H19NO6S/c1-9(5-6-15)14-21(18,19)12-4-3-11(20-2)7-10(12)8-13(16)17/h3-4,7,9,14-15H,5-6,8H2,1-2H3,(H,16,17). The molecule has 1 rings (SSSR count). The van der Waals surface area contributed by atoms with Crippen LogP contribution in [-0.2, 0) is 21.2 Å². The highest BCUT2D eigenvalue weighted by Crippen LogP contribution is 2.22. The largest absolute Gasteiger partial charge is 0.497 e. The van der Waals surface area contributed by atoms with Gasteiger partial charge in [0.25, 0.3) is 0 Å². The number of aliphatic carboxylic acids is 1. The zero-order chi connectivity index (χ0) is 16.0. The molecule has 0 amide bonds. The lowest BCUT2D eigenvalue weighted by atomic mass is 10.1. The van der Waals surface area contributed by atoms with Crippen LogP contribution in [0.15, 0.2) is 23.1 Å². The Kier molecular flexibility index (Phi) is 6.13. The number of sulfonamides is 1. The zero-order valence-electron chi connectivity index (χ0n) is 11.9. The first-order chi connectivity index (χ1) is 9.80. The molecule has 0 radical (unpaired) electrons. The summed E-state index contributed by atoms with van der Waals surface area (Å²) in [6, 6.07) is 3.70. The summed E-state index contributed by atoms with van der Waals surface area (Å²) in [6.07, 6.45) is -0.161. The van der Waals surface area contributed by atoms with Crippen LogP contribution < -0.4 is 9.46 Å². The third-order valence-corrected chi connectivity index (χ3v) is 4.51. The van der Waals surface area contributed by atoms with Crippen LogP contribution in [0.5, 0.6) is 5.75 Å². The highest BCUT2D eigenvalue weighted by Gasteiger charge is 2.22. The van der Waals surface area contributed by atoms with Crippen molar-refractivity contribution in [2.45, 2.75) is 30.7 Å². The molecule has 1 aromatic rings. The molecule has 0 aliphatic heterocycles. The number of hydrogen-bond donors (Lipinski definition) is 3. The van der Waals surface area contributed by atoms with Crippen molar-refractivity contribution < 1.29 is 28.2 Å². The topological polar surface area (TPSA) is 113 Å². The van der Waals surface area contributed by atoms with Crippen LogP contribution >= 0.6 is 0 Å². The Bertz CT molecular complexity index is 599. The van der Waals surface area contributed by atoms with Crippen molar-refractivity contribution in [1.29, 1.82) is 0 Å². The quantitative estimate of drug-likeness (QED) is 0.638. The predicted octanol–water partition coefficient (Wildman–Crippen LogP) is 0.371. The van der Waals surface area contributed by atoms with Gasteiger partial charge in [0.2, 0.25) is 10.0 Å². The molecule has 0 saturated carbocycles. The number of carboxylic acid groups (broad SMARTS) is 1. The molecule has 0 aliphatic carbocycles. The monoisotopic (exact) mass is 317 g/mol. The molecule has 0 fully saturated rings. The minimum absolute atomic E-state index is 0.101. The van der Waals surface area contributed by atoms with Crippen LogP contribution in [0.3, 0.4) is 0 Å². The fourth-order valence-corrected chi connectivity index (χ4v) is 3.32. The van der Waals surface area contributed by atoms with E-state index in [4.69, 9.17) is 14.9 Å². The highest BCUT2D eigenvalue weighted by atomic mass is 32.2. The van der Waals surface area contributed by atoms with Crippen molar-refractivity contribution in [3.63, 3.8) is 0 Å². The number of rotatable bonds is 8. The van der Waals surface area contributed by atoms with Gasteiger partial charge in [-0.05, 0) is 37.1 Å². The second kappa shape index (κ2) is 7.39. The minimum atomic E-state index is -3.86. The summed E-state index contributed by atoms with van der Waals surface area (Å²) in [6.45, 7) is 1.47. The molecule has 0 spiro atoms. The first kappa shape index (κ1) is 17.4. The third kappa shape index (κ3) is 5.00. The van der Waals surface area contributed by atoms with Crippen molar-refractivity contribution in [2.24, 2.45) is 0 Å². The van der Waals surface area contributed by atoms with Gasteiger partial charge < -0.3 is 14.9 Å². The van der Waals surface area contributed by atoms with Crippen LogP contribution in [0.1, 0.15) is 18.9 Å². The summed E-state index contributed by atoms with van der Waals surface area (Å²) in [5.74, 6) is -0.753. The normalized spacial score (nSPS) is 12.9. The average Bonchev–Trinajstić information content (AvgIpc) is 2.37. The van der Waals surface area contributed by atoms with Crippen molar-refractivity contribution in [2.75, 3.05) is 13.7 Å². The number of carbonyl (C=O) groups is 1. The summed E-state index contributed by atoms with van der Waals surface area (Å²) in [4.78, 5) is 10.8. The Morgan fingerprint density at radius 2 is 2.10 bits per heavy atom. The molecule has 0 heterocycles. The van der Waals surface area contributed by atoms with Gasteiger partial charge in [0.1, 0.15) is 5.75 Å². The van der Waals surface area contributed by atoms with E-state index >= 15 is 0 Å². The first-order valence-electron chi connectivity index (χ1n) is 6.32. The van der Waals surface area contributed by atoms with E-state index in [2.05, 4.69) is 4.72 Å². The third-order valence-electron chi connectivity index (χ3n) is 2.82. The molecule has 21 heavy (non-hydrogen) atoms. The molecule has 1 aromatic carbocycles. The second-order valence-corrected chi connectivity index (χ2v) is 6.26. The molecule has 1 unspecified atom stereocenters. The lowest BCUT2D eigenvalue weighted by Gasteiger charge is -2.15. The SMILES string of the molecule is COc1ccc(S(=O)(=O)NC(C)CCO)c(CC(=O)O)c1. The molecule has 0 aliphatic rings. The van der Waals surface area contributed by atoms with Gasteiger partial charge in [-0.3, -0.25) is 4.79 Å². The lowest BCUT2D eigenvalue weighted by Crippen LogP contribution is -2.33. The fraction of sp³-hybridized carbons (Fsp3) is 0.462. The molecular formula is C13H19NO6S. The number of ether oxygens (including phenoxy) is 1. The Hall–Kier alpha value is -1.64. The molecular weight excluding hydrogens is 298 g/mol. The molecule has 1 atom stereocenters. The average molecular weight is 317 g/mol. The number of nitrogens with one attached hydrogen (secondary N) is 1. The van der Waals surface area contributed by atoms with E-state index in [-0.39, 0.29) is 23.5 Å². The number of methoxy groups -OCH3 is 1. The number of carboxylic acids is 1. The number of aliphatic hydroxyl groups is 1. The Morgan fingerprint density at radius 3 is 2.62 bits per heavy atom. The molecule has 0 aromatic heterocycles. The molecule has 3 N–H and O–H groups in total. The van der Waals surface area contributed by atoms with Gasteiger partial charge in [0.15, 0.2) is 0 Å². The number of hydrogen-bond acceptors (Lipinski definition) is 5. The zero-order valence-corrected chi connectivity index (χ0v) is 12.7. The van der Waals surface area contributed by atoms with Gasteiger partial charge in [-0.2, -0.15) is 0 Å². The van der Waals surface area contributed by atoms with E-state index in [0.717, 1.165) is 0 Å². The number of aliphatic hydroxyl groups excluding tert-OH is 1. The second-order valence-electron chi connectivity index (χ2n) is 4.58. The van der Waals surface area contributed by atoms with Crippen molar-refractivity contribution in [3.05, 3.63) is 23.8 Å². The summed E-state index contributed by atoms with van der Waals surface area (Å²) in [5, 5.41) is 17.7. The molecule has 8 heteroatoms. The van der Waals surface area contributed by atoms with E-state index < -0.39 is 28.5 Å². The molecule has 0 bridgehead atoms. The fourth-order valence-electron chi connectivity index (χ4n) is 1.83. The Balaban J connectivity index is 3.17. The number of benzene rings is 1. The van der Waals surface area contributed by atoms with E-state index in [1.807, 2.05) is 0 Å². The van der Waals surface area contributed by atoms with Gasteiger partial charge in [-0.1, -0.05) is 0 Å². The van der Waals surface area contributed by atoms with Gasteiger partial charge in [0, 0.05) is 12.6 Å². The Morgan fingerprint density at radius 1 is 1.43 bits per heavy atom. The van der Waals surface area contributed by atoms with Crippen LogP contribution in [-0.4, -0.2) is 44.4 Å². The summed E-state index contributed by atoms with van der Waals surface area (Å²) < 4.78 is 32.0. The minimum Gasteiger partial charge on any atom is -0.497 e. The molecule has 7 nitrogen and oxygen atoms in total. The van der Waals surface area contributed by atoms with Gasteiger partial charge >= 0.3 is 5.97 Å². The van der Waals surface area contributed by atoms with Gasteiger partial charge in [-0.15, -0.1) is 0 Å².